The lowest BCUT2D eigenvalue weighted by Crippen LogP contribution is -2.50. The number of aromatic nitrogens is 1. The van der Waals surface area contributed by atoms with Crippen molar-refractivity contribution in [3.63, 3.8) is 0 Å². The number of rotatable bonds is 7. The van der Waals surface area contributed by atoms with E-state index in [-0.39, 0.29) is 12.1 Å². The fourth-order valence-electron chi connectivity index (χ4n) is 3.21. The molecule has 2 N–H and O–H groups in total. The molecule has 5 heteroatoms. The minimum absolute atomic E-state index is 0.00665. The predicted molar refractivity (Wildman–Crippen MR) is 91.8 cm³/mol. The van der Waals surface area contributed by atoms with Crippen LogP contribution >= 0.6 is 0 Å². The van der Waals surface area contributed by atoms with Crippen molar-refractivity contribution < 1.29 is 14.4 Å². The number of hydrogen-bond donors (Lipinski definition) is 2. The summed E-state index contributed by atoms with van der Waals surface area (Å²) in [7, 11) is 0. The van der Waals surface area contributed by atoms with Crippen molar-refractivity contribution in [2.24, 2.45) is 0 Å². The van der Waals surface area contributed by atoms with Crippen LogP contribution in [0, 0.1) is 0 Å². The molecule has 0 amide bonds. The van der Waals surface area contributed by atoms with Gasteiger partial charge in [0.05, 0.1) is 12.2 Å². The molecule has 1 fully saturated rings. The first kappa shape index (κ1) is 17.0. The first-order valence-electron chi connectivity index (χ1n) is 8.84. The summed E-state index contributed by atoms with van der Waals surface area (Å²) in [5, 5.41) is 18.1. The van der Waals surface area contributed by atoms with Gasteiger partial charge in [0.2, 0.25) is 0 Å². The summed E-state index contributed by atoms with van der Waals surface area (Å²) < 4.78 is 11.3. The average Bonchev–Trinajstić information content (AvgIpc) is 3.05. The fourth-order valence-corrected chi connectivity index (χ4v) is 3.21. The van der Waals surface area contributed by atoms with E-state index in [1.165, 1.54) is 0 Å². The normalized spacial score (nSPS) is 24.0. The van der Waals surface area contributed by atoms with Gasteiger partial charge in [-0.15, -0.1) is 0 Å². The van der Waals surface area contributed by atoms with Gasteiger partial charge in [0.15, 0.2) is 5.76 Å². The monoisotopic (exact) mass is 330 g/mol. The van der Waals surface area contributed by atoms with E-state index >= 15 is 0 Å². The van der Waals surface area contributed by atoms with E-state index in [1.54, 1.807) is 0 Å². The average molecular weight is 330 g/mol. The van der Waals surface area contributed by atoms with Crippen molar-refractivity contribution in [2.45, 2.75) is 63.8 Å². The second-order valence-corrected chi connectivity index (χ2v) is 6.41. The highest BCUT2D eigenvalue weighted by molar-refractivity contribution is 5.21. The van der Waals surface area contributed by atoms with Gasteiger partial charge in [0, 0.05) is 12.1 Å². The largest absolute Gasteiger partial charge is 0.488 e. The molecule has 0 bridgehead atoms. The van der Waals surface area contributed by atoms with E-state index in [4.69, 9.17) is 9.26 Å². The molecular weight excluding hydrogens is 304 g/mol. The number of nitrogens with one attached hydrogen (secondary N) is 1. The van der Waals surface area contributed by atoms with Crippen LogP contribution in [0.4, 0.5) is 0 Å². The SMILES string of the molecule is CCCc1cc(CN[C@H]2CCC[C@@H](Oc3ccccc3)[C@@H]2O)on1. The highest BCUT2D eigenvalue weighted by atomic mass is 16.5. The first-order chi connectivity index (χ1) is 11.8. The zero-order valence-corrected chi connectivity index (χ0v) is 14.1. The molecule has 24 heavy (non-hydrogen) atoms. The molecule has 1 aromatic carbocycles. The van der Waals surface area contributed by atoms with Crippen LogP contribution in [0.5, 0.6) is 5.75 Å². The molecule has 1 aliphatic rings. The van der Waals surface area contributed by atoms with Gasteiger partial charge in [-0.05, 0) is 37.8 Å². The number of aliphatic hydroxyl groups is 1. The van der Waals surface area contributed by atoms with Crippen LogP contribution in [-0.4, -0.2) is 28.5 Å². The molecule has 0 aliphatic heterocycles. The van der Waals surface area contributed by atoms with E-state index in [9.17, 15) is 5.11 Å². The summed E-state index contributed by atoms with van der Waals surface area (Å²) in [6, 6.07) is 11.7. The first-order valence-corrected chi connectivity index (χ1v) is 8.84. The molecular formula is C19H26N2O3. The maximum absolute atomic E-state index is 10.6. The third-order valence-electron chi connectivity index (χ3n) is 4.48. The molecule has 0 radical (unpaired) electrons. The van der Waals surface area contributed by atoms with E-state index in [1.807, 2.05) is 36.4 Å². The van der Waals surface area contributed by atoms with E-state index in [2.05, 4.69) is 17.4 Å². The van der Waals surface area contributed by atoms with Crippen LogP contribution in [0.3, 0.4) is 0 Å². The smallest absolute Gasteiger partial charge is 0.150 e. The molecule has 0 unspecified atom stereocenters. The molecule has 1 aliphatic carbocycles. The Hall–Kier alpha value is -1.85. The maximum Gasteiger partial charge on any atom is 0.150 e. The third kappa shape index (κ3) is 4.36. The lowest BCUT2D eigenvalue weighted by atomic mass is 9.89. The molecule has 1 saturated carbocycles. The highest BCUT2D eigenvalue weighted by Crippen LogP contribution is 2.24. The van der Waals surface area contributed by atoms with Gasteiger partial charge in [-0.1, -0.05) is 36.7 Å². The number of nitrogens with zero attached hydrogens (tertiary/aromatic N) is 1. The molecule has 2 aromatic rings. The zero-order chi connectivity index (χ0) is 16.8. The number of para-hydroxylation sites is 1. The van der Waals surface area contributed by atoms with Gasteiger partial charge in [0.1, 0.15) is 18.0 Å². The summed E-state index contributed by atoms with van der Waals surface area (Å²) in [5.41, 5.74) is 0.990. The number of aryl methyl sites for hydroxylation is 1. The maximum atomic E-state index is 10.6. The summed E-state index contributed by atoms with van der Waals surface area (Å²) in [6.45, 7) is 2.70. The topological polar surface area (TPSA) is 67.5 Å². The van der Waals surface area contributed by atoms with Crippen LogP contribution in [-0.2, 0) is 13.0 Å². The van der Waals surface area contributed by atoms with Crippen molar-refractivity contribution in [2.75, 3.05) is 0 Å². The Morgan fingerprint density at radius 2 is 2.12 bits per heavy atom. The van der Waals surface area contributed by atoms with Gasteiger partial charge in [-0.3, -0.25) is 0 Å². The molecule has 1 aromatic heterocycles. The van der Waals surface area contributed by atoms with Crippen molar-refractivity contribution in [3.8, 4) is 5.75 Å². The minimum Gasteiger partial charge on any atom is -0.488 e. The van der Waals surface area contributed by atoms with Crippen molar-refractivity contribution in [3.05, 3.63) is 47.9 Å². The molecule has 130 valence electrons. The third-order valence-corrected chi connectivity index (χ3v) is 4.48. The summed E-state index contributed by atoms with van der Waals surface area (Å²) >= 11 is 0. The van der Waals surface area contributed by atoms with E-state index in [0.29, 0.717) is 6.54 Å². The van der Waals surface area contributed by atoms with Crippen LogP contribution in [0.15, 0.2) is 40.9 Å². The van der Waals surface area contributed by atoms with Gasteiger partial charge >= 0.3 is 0 Å². The Balaban J connectivity index is 1.53. The van der Waals surface area contributed by atoms with Gasteiger partial charge in [-0.25, -0.2) is 0 Å². The minimum atomic E-state index is -0.531. The summed E-state index contributed by atoms with van der Waals surface area (Å²) in [4.78, 5) is 0. The molecule has 0 spiro atoms. The van der Waals surface area contributed by atoms with Crippen molar-refractivity contribution in [1.29, 1.82) is 0 Å². The van der Waals surface area contributed by atoms with E-state index < -0.39 is 6.10 Å². The summed E-state index contributed by atoms with van der Waals surface area (Å²) in [5.74, 6) is 1.62. The number of ether oxygens (including phenoxy) is 1. The zero-order valence-electron chi connectivity index (χ0n) is 14.1. The van der Waals surface area contributed by atoms with Crippen molar-refractivity contribution in [1.82, 2.24) is 10.5 Å². The van der Waals surface area contributed by atoms with E-state index in [0.717, 1.165) is 49.3 Å². The Morgan fingerprint density at radius 3 is 2.92 bits per heavy atom. The number of hydrogen-bond acceptors (Lipinski definition) is 5. The Labute approximate surface area is 143 Å². The predicted octanol–water partition coefficient (Wildman–Crippen LogP) is 3.08. The second-order valence-electron chi connectivity index (χ2n) is 6.41. The van der Waals surface area contributed by atoms with Gasteiger partial charge in [0.25, 0.3) is 0 Å². The number of aliphatic hydroxyl groups excluding tert-OH is 1. The van der Waals surface area contributed by atoms with Crippen LogP contribution in [0.2, 0.25) is 0 Å². The molecule has 1 heterocycles. The summed E-state index contributed by atoms with van der Waals surface area (Å²) in [6.07, 6.45) is 4.12. The second kappa shape index (κ2) is 8.31. The molecule has 3 rings (SSSR count). The van der Waals surface area contributed by atoms with Gasteiger partial charge < -0.3 is 19.7 Å². The van der Waals surface area contributed by atoms with Crippen LogP contribution < -0.4 is 10.1 Å². The van der Waals surface area contributed by atoms with Crippen LogP contribution in [0.1, 0.15) is 44.1 Å². The molecule has 3 atom stereocenters. The Bertz CT molecular complexity index is 614. The highest BCUT2D eigenvalue weighted by Gasteiger charge is 2.33. The molecule has 0 saturated heterocycles. The Kier molecular flexibility index (Phi) is 5.88. The van der Waals surface area contributed by atoms with Gasteiger partial charge in [-0.2, -0.15) is 0 Å². The molecule has 5 nitrogen and oxygen atoms in total. The Morgan fingerprint density at radius 1 is 1.29 bits per heavy atom. The fraction of sp³-hybridized carbons (Fsp3) is 0.526. The standard InChI is InChI=1S/C19H26N2O3/c1-2-7-14-12-16(24-21-14)13-20-17-10-6-11-18(19(17)22)23-15-8-4-3-5-9-15/h3-5,8-9,12,17-20,22H,2,6-7,10-11,13H2,1H3/t17-,18+,19+/m0/s1. The lowest BCUT2D eigenvalue weighted by Gasteiger charge is -2.35. The lowest BCUT2D eigenvalue weighted by molar-refractivity contribution is -0.0162. The van der Waals surface area contributed by atoms with Crippen LogP contribution in [0.25, 0.3) is 0 Å². The van der Waals surface area contributed by atoms with Crippen molar-refractivity contribution >= 4 is 0 Å². The number of benzene rings is 1. The quantitative estimate of drug-likeness (QED) is 0.816.